The summed E-state index contributed by atoms with van der Waals surface area (Å²) in [7, 11) is 0. The number of hydrogen-bond donors (Lipinski definition) is 1. The predicted octanol–water partition coefficient (Wildman–Crippen LogP) is 3.85. The van der Waals surface area contributed by atoms with E-state index in [1.807, 2.05) is 49.4 Å². The van der Waals surface area contributed by atoms with Crippen molar-refractivity contribution in [2.45, 2.75) is 6.92 Å². The SMILES string of the molecule is Cc1cc(OCCOc2cccc(C(N)=S)c2)ccc1Br. The summed E-state index contributed by atoms with van der Waals surface area (Å²) in [6, 6.07) is 13.3. The fraction of sp³-hybridized carbons (Fsp3) is 0.188. The van der Waals surface area contributed by atoms with Gasteiger partial charge in [0.1, 0.15) is 29.7 Å². The molecular weight excluding hydrogens is 350 g/mol. The van der Waals surface area contributed by atoms with Gasteiger partial charge in [-0.3, -0.25) is 0 Å². The largest absolute Gasteiger partial charge is 0.490 e. The van der Waals surface area contributed by atoms with Gasteiger partial charge >= 0.3 is 0 Å². The number of nitrogens with two attached hydrogens (primary N) is 1. The maximum Gasteiger partial charge on any atom is 0.122 e. The van der Waals surface area contributed by atoms with E-state index in [1.165, 1.54) is 0 Å². The molecule has 5 heteroatoms. The maximum absolute atomic E-state index is 5.64. The molecule has 21 heavy (non-hydrogen) atoms. The van der Waals surface area contributed by atoms with Gasteiger partial charge in [0.25, 0.3) is 0 Å². The van der Waals surface area contributed by atoms with Crippen LogP contribution in [-0.2, 0) is 0 Å². The molecule has 3 nitrogen and oxygen atoms in total. The molecule has 0 aliphatic heterocycles. The Morgan fingerprint density at radius 1 is 1.10 bits per heavy atom. The highest BCUT2D eigenvalue weighted by atomic mass is 79.9. The van der Waals surface area contributed by atoms with E-state index in [1.54, 1.807) is 0 Å². The van der Waals surface area contributed by atoms with E-state index in [0.29, 0.717) is 18.2 Å². The summed E-state index contributed by atoms with van der Waals surface area (Å²) in [5.41, 5.74) is 7.52. The van der Waals surface area contributed by atoms with E-state index in [2.05, 4.69) is 15.9 Å². The van der Waals surface area contributed by atoms with Crippen molar-refractivity contribution in [1.29, 1.82) is 0 Å². The van der Waals surface area contributed by atoms with Gasteiger partial charge in [0, 0.05) is 10.0 Å². The molecule has 0 bridgehead atoms. The van der Waals surface area contributed by atoms with Crippen molar-refractivity contribution in [2.75, 3.05) is 13.2 Å². The molecule has 0 saturated heterocycles. The highest BCUT2D eigenvalue weighted by Crippen LogP contribution is 2.21. The van der Waals surface area contributed by atoms with Crippen LogP contribution in [0.2, 0.25) is 0 Å². The third kappa shape index (κ3) is 4.72. The van der Waals surface area contributed by atoms with Crippen LogP contribution in [0.5, 0.6) is 11.5 Å². The first-order valence-electron chi connectivity index (χ1n) is 6.48. The molecule has 2 aromatic carbocycles. The van der Waals surface area contributed by atoms with Gasteiger partial charge in [-0.1, -0.05) is 40.3 Å². The number of rotatable bonds is 6. The Bertz CT molecular complexity index is 646. The Kier molecular flexibility index (Phi) is 5.59. The molecule has 0 fully saturated rings. The maximum atomic E-state index is 5.64. The normalized spacial score (nSPS) is 10.2. The fourth-order valence-corrected chi connectivity index (χ4v) is 2.14. The minimum absolute atomic E-state index is 0.363. The van der Waals surface area contributed by atoms with Crippen molar-refractivity contribution in [3.8, 4) is 11.5 Å². The van der Waals surface area contributed by atoms with Crippen molar-refractivity contribution >= 4 is 33.1 Å². The smallest absolute Gasteiger partial charge is 0.122 e. The summed E-state index contributed by atoms with van der Waals surface area (Å²) in [5, 5.41) is 0. The highest BCUT2D eigenvalue weighted by Gasteiger charge is 2.01. The molecule has 2 N–H and O–H groups in total. The third-order valence-corrected chi connectivity index (χ3v) is 3.99. The summed E-state index contributed by atoms with van der Waals surface area (Å²) in [6.07, 6.45) is 0. The van der Waals surface area contributed by atoms with Crippen molar-refractivity contribution in [1.82, 2.24) is 0 Å². The second-order valence-corrected chi connectivity index (χ2v) is 5.79. The molecule has 2 aromatic rings. The Labute approximate surface area is 138 Å². The Balaban J connectivity index is 1.83. The molecule has 0 saturated carbocycles. The van der Waals surface area contributed by atoms with Crippen LogP contribution < -0.4 is 15.2 Å². The molecule has 0 atom stereocenters. The Hall–Kier alpha value is -1.59. The number of halogens is 1. The second kappa shape index (κ2) is 7.43. The van der Waals surface area contributed by atoms with Gasteiger partial charge in [-0.25, -0.2) is 0 Å². The van der Waals surface area contributed by atoms with Gasteiger partial charge in [-0.05, 0) is 42.8 Å². The molecule has 0 aliphatic rings. The number of aryl methyl sites for hydroxylation is 1. The lowest BCUT2D eigenvalue weighted by molar-refractivity contribution is 0.217. The van der Waals surface area contributed by atoms with E-state index in [9.17, 15) is 0 Å². The monoisotopic (exact) mass is 365 g/mol. The van der Waals surface area contributed by atoms with E-state index < -0.39 is 0 Å². The summed E-state index contributed by atoms with van der Waals surface area (Å²) in [6.45, 7) is 2.95. The average molecular weight is 366 g/mol. The van der Waals surface area contributed by atoms with Crippen molar-refractivity contribution < 1.29 is 9.47 Å². The van der Waals surface area contributed by atoms with E-state index in [0.717, 1.165) is 27.1 Å². The van der Waals surface area contributed by atoms with Crippen LogP contribution in [0.3, 0.4) is 0 Å². The molecule has 0 spiro atoms. The zero-order chi connectivity index (χ0) is 15.2. The van der Waals surface area contributed by atoms with E-state index >= 15 is 0 Å². The lowest BCUT2D eigenvalue weighted by Crippen LogP contribution is -2.11. The molecule has 0 amide bonds. The van der Waals surface area contributed by atoms with E-state index in [4.69, 9.17) is 27.4 Å². The molecule has 0 radical (unpaired) electrons. The molecule has 0 aromatic heterocycles. The molecule has 110 valence electrons. The van der Waals surface area contributed by atoms with Gasteiger partial charge in [0.15, 0.2) is 0 Å². The van der Waals surface area contributed by atoms with Gasteiger partial charge in [-0.15, -0.1) is 0 Å². The molecule has 0 unspecified atom stereocenters. The van der Waals surface area contributed by atoms with Gasteiger partial charge < -0.3 is 15.2 Å². The summed E-state index contributed by atoms with van der Waals surface area (Å²) in [5.74, 6) is 1.56. The predicted molar refractivity (Wildman–Crippen MR) is 92.2 cm³/mol. The molecule has 0 aliphatic carbocycles. The average Bonchev–Trinajstić information content (AvgIpc) is 2.47. The minimum atomic E-state index is 0.363. The Morgan fingerprint density at radius 3 is 2.38 bits per heavy atom. The summed E-state index contributed by atoms with van der Waals surface area (Å²) >= 11 is 8.40. The van der Waals surface area contributed by atoms with Crippen LogP contribution in [0.15, 0.2) is 46.9 Å². The molecule has 2 rings (SSSR count). The first-order valence-corrected chi connectivity index (χ1v) is 7.68. The van der Waals surface area contributed by atoms with Gasteiger partial charge in [0.2, 0.25) is 0 Å². The highest BCUT2D eigenvalue weighted by molar-refractivity contribution is 9.10. The number of hydrogen-bond acceptors (Lipinski definition) is 3. The quantitative estimate of drug-likeness (QED) is 0.623. The van der Waals surface area contributed by atoms with Crippen LogP contribution >= 0.6 is 28.1 Å². The second-order valence-electron chi connectivity index (χ2n) is 4.50. The number of thiocarbonyl (C=S) groups is 1. The number of benzene rings is 2. The fourth-order valence-electron chi connectivity index (χ4n) is 1.77. The lowest BCUT2D eigenvalue weighted by Gasteiger charge is -2.10. The topological polar surface area (TPSA) is 44.5 Å². The Morgan fingerprint density at radius 2 is 1.76 bits per heavy atom. The van der Waals surface area contributed by atoms with Crippen molar-refractivity contribution in [3.05, 3.63) is 58.1 Å². The molecular formula is C16H16BrNO2S. The van der Waals surface area contributed by atoms with Crippen molar-refractivity contribution in [2.24, 2.45) is 5.73 Å². The van der Waals surface area contributed by atoms with E-state index in [-0.39, 0.29) is 0 Å². The third-order valence-electron chi connectivity index (χ3n) is 2.87. The van der Waals surface area contributed by atoms with Crippen LogP contribution in [0.25, 0.3) is 0 Å². The zero-order valence-corrected chi connectivity index (χ0v) is 14.0. The van der Waals surface area contributed by atoms with Crippen LogP contribution in [0.4, 0.5) is 0 Å². The van der Waals surface area contributed by atoms with Gasteiger partial charge in [-0.2, -0.15) is 0 Å². The summed E-state index contributed by atoms with van der Waals surface area (Å²) in [4.78, 5) is 0.363. The van der Waals surface area contributed by atoms with Gasteiger partial charge in [0.05, 0.1) is 0 Å². The standard InChI is InChI=1S/C16H16BrNO2S/c1-11-9-14(5-6-15(11)17)20-8-7-19-13-4-2-3-12(10-13)16(18)21/h2-6,9-10H,7-8H2,1H3,(H2,18,21). The summed E-state index contributed by atoms with van der Waals surface area (Å²) < 4.78 is 12.3. The van der Waals surface area contributed by atoms with Crippen LogP contribution in [0.1, 0.15) is 11.1 Å². The van der Waals surface area contributed by atoms with Crippen LogP contribution in [-0.4, -0.2) is 18.2 Å². The first kappa shape index (κ1) is 15.8. The lowest BCUT2D eigenvalue weighted by atomic mass is 10.2. The van der Waals surface area contributed by atoms with Crippen molar-refractivity contribution in [3.63, 3.8) is 0 Å². The minimum Gasteiger partial charge on any atom is -0.490 e. The zero-order valence-electron chi connectivity index (χ0n) is 11.6. The first-order chi connectivity index (χ1) is 10.1. The van der Waals surface area contributed by atoms with Crippen LogP contribution in [0, 0.1) is 6.92 Å². The molecule has 0 heterocycles. The number of ether oxygens (including phenoxy) is 2.